The SMILES string of the molecule is CC(C)CNC1CC(C)(C)Oc2cc(OC(C)C)ccc21. The van der Waals surface area contributed by atoms with Gasteiger partial charge in [-0.25, -0.2) is 0 Å². The third-order valence-corrected chi connectivity index (χ3v) is 3.59. The van der Waals surface area contributed by atoms with Crippen molar-refractivity contribution in [1.29, 1.82) is 0 Å². The Morgan fingerprint density at radius 3 is 2.62 bits per heavy atom. The monoisotopic (exact) mass is 291 g/mol. The lowest BCUT2D eigenvalue weighted by atomic mass is 9.89. The molecule has 0 radical (unpaired) electrons. The van der Waals surface area contributed by atoms with E-state index < -0.39 is 0 Å². The Hall–Kier alpha value is -1.22. The van der Waals surface area contributed by atoms with Gasteiger partial charge in [-0.15, -0.1) is 0 Å². The van der Waals surface area contributed by atoms with Crippen LogP contribution in [0.3, 0.4) is 0 Å². The molecule has 1 heterocycles. The molecule has 0 aliphatic carbocycles. The summed E-state index contributed by atoms with van der Waals surface area (Å²) in [5.74, 6) is 2.47. The summed E-state index contributed by atoms with van der Waals surface area (Å²) < 4.78 is 11.9. The predicted octanol–water partition coefficient (Wildman–Crippen LogP) is 4.32. The summed E-state index contributed by atoms with van der Waals surface area (Å²) in [6.45, 7) is 13.9. The number of rotatable bonds is 5. The van der Waals surface area contributed by atoms with E-state index in [4.69, 9.17) is 9.47 Å². The van der Waals surface area contributed by atoms with Gasteiger partial charge in [-0.2, -0.15) is 0 Å². The summed E-state index contributed by atoms with van der Waals surface area (Å²) in [7, 11) is 0. The number of ether oxygens (including phenoxy) is 2. The van der Waals surface area contributed by atoms with Crippen LogP contribution < -0.4 is 14.8 Å². The molecule has 1 unspecified atom stereocenters. The van der Waals surface area contributed by atoms with E-state index in [9.17, 15) is 0 Å². The van der Waals surface area contributed by atoms with E-state index in [-0.39, 0.29) is 11.7 Å². The molecule has 0 aromatic heterocycles. The molecule has 21 heavy (non-hydrogen) atoms. The van der Waals surface area contributed by atoms with E-state index in [1.165, 1.54) is 5.56 Å². The fourth-order valence-electron chi connectivity index (χ4n) is 2.74. The van der Waals surface area contributed by atoms with Crippen LogP contribution in [0.15, 0.2) is 18.2 Å². The lowest BCUT2D eigenvalue weighted by Crippen LogP contribution is -2.40. The Labute approximate surface area is 129 Å². The van der Waals surface area contributed by atoms with Crippen LogP contribution in [0, 0.1) is 5.92 Å². The van der Waals surface area contributed by atoms with Crippen LogP contribution in [0.2, 0.25) is 0 Å². The first-order chi connectivity index (χ1) is 9.77. The average Bonchev–Trinajstić information content (AvgIpc) is 2.33. The van der Waals surface area contributed by atoms with Crippen molar-refractivity contribution in [1.82, 2.24) is 5.32 Å². The highest BCUT2D eigenvalue weighted by molar-refractivity contribution is 5.44. The van der Waals surface area contributed by atoms with E-state index in [1.807, 2.05) is 26.0 Å². The van der Waals surface area contributed by atoms with Crippen molar-refractivity contribution in [2.24, 2.45) is 5.92 Å². The molecule has 118 valence electrons. The van der Waals surface area contributed by atoms with Crippen LogP contribution >= 0.6 is 0 Å². The Kier molecular flexibility index (Phi) is 4.82. The van der Waals surface area contributed by atoms with E-state index in [1.54, 1.807) is 0 Å². The van der Waals surface area contributed by atoms with Crippen molar-refractivity contribution in [3.63, 3.8) is 0 Å². The Morgan fingerprint density at radius 1 is 1.29 bits per heavy atom. The summed E-state index contributed by atoms with van der Waals surface area (Å²) in [5.41, 5.74) is 1.09. The molecule has 1 aromatic rings. The summed E-state index contributed by atoms with van der Waals surface area (Å²) >= 11 is 0. The van der Waals surface area contributed by atoms with Gasteiger partial charge in [0.25, 0.3) is 0 Å². The molecule has 0 saturated carbocycles. The maximum absolute atomic E-state index is 6.16. The largest absolute Gasteiger partial charge is 0.491 e. The molecule has 0 fully saturated rings. The fourth-order valence-corrected chi connectivity index (χ4v) is 2.74. The molecule has 0 spiro atoms. The minimum atomic E-state index is -0.155. The first-order valence-electron chi connectivity index (χ1n) is 8.00. The average molecular weight is 291 g/mol. The molecule has 1 aromatic carbocycles. The van der Waals surface area contributed by atoms with E-state index in [2.05, 4.69) is 39.1 Å². The minimum Gasteiger partial charge on any atom is -0.491 e. The van der Waals surface area contributed by atoms with Gasteiger partial charge in [0.2, 0.25) is 0 Å². The van der Waals surface area contributed by atoms with Crippen molar-refractivity contribution in [3.05, 3.63) is 23.8 Å². The first kappa shape index (κ1) is 16.2. The van der Waals surface area contributed by atoms with Gasteiger partial charge in [-0.3, -0.25) is 0 Å². The topological polar surface area (TPSA) is 30.5 Å². The van der Waals surface area contributed by atoms with Crippen LogP contribution in [-0.4, -0.2) is 18.2 Å². The zero-order valence-corrected chi connectivity index (χ0v) is 14.2. The van der Waals surface area contributed by atoms with Gasteiger partial charge in [0, 0.05) is 24.1 Å². The summed E-state index contributed by atoms with van der Waals surface area (Å²) in [4.78, 5) is 0. The van der Waals surface area contributed by atoms with Gasteiger partial charge in [0.1, 0.15) is 17.1 Å². The third-order valence-electron chi connectivity index (χ3n) is 3.59. The van der Waals surface area contributed by atoms with Crippen molar-refractivity contribution in [2.45, 2.75) is 65.7 Å². The predicted molar refractivity (Wildman–Crippen MR) is 87.1 cm³/mol. The van der Waals surface area contributed by atoms with Crippen LogP contribution in [-0.2, 0) is 0 Å². The molecule has 2 rings (SSSR count). The van der Waals surface area contributed by atoms with Crippen LogP contribution in [0.4, 0.5) is 0 Å². The third kappa shape index (κ3) is 4.37. The normalized spacial score (nSPS) is 20.3. The first-order valence-corrected chi connectivity index (χ1v) is 8.00. The quantitative estimate of drug-likeness (QED) is 0.876. The minimum absolute atomic E-state index is 0.155. The standard InChI is InChI=1S/C18H29NO2/c1-12(2)11-19-16-10-18(5,6)21-17-9-14(20-13(3)4)7-8-15(16)17/h7-9,12-13,16,19H,10-11H2,1-6H3. The highest BCUT2D eigenvalue weighted by Gasteiger charge is 2.33. The lowest BCUT2D eigenvalue weighted by molar-refractivity contribution is 0.0649. The Balaban J connectivity index is 2.24. The molecule has 1 N–H and O–H groups in total. The number of hydrogen-bond donors (Lipinski definition) is 1. The van der Waals surface area contributed by atoms with Gasteiger partial charge in [-0.1, -0.05) is 19.9 Å². The molecule has 1 aliphatic rings. The molecule has 0 bridgehead atoms. The van der Waals surface area contributed by atoms with Gasteiger partial charge in [0.05, 0.1) is 6.10 Å². The second-order valence-electron chi connectivity index (χ2n) is 7.29. The van der Waals surface area contributed by atoms with E-state index >= 15 is 0 Å². The van der Waals surface area contributed by atoms with E-state index in [0.29, 0.717) is 12.0 Å². The van der Waals surface area contributed by atoms with Crippen molar-refractivity contribution < 1.29 is 9.47 Å². The number of fused-ring (bicyclic) bond motifs is 1. The number of hydrogen-bond acceptors (Lipinski definition) is 3. The molecule has 3 heteroatoms. The van der Waals surface area contributed by atoms with Gasteiger partial charge >= 0.3 is 0 Å². The molecule has 0 amide bonds. The van der Waals surface area contributed by atoms with E-state index in [0.717, 1.165) is 24.5 Å². The maximum Gasteiger partial charge on any atom is 0.128 e. The summed E-state index contributed by atoms with van der Waals surface area (Å²) in [6.07, 6.45) is 1.16. The Morgan fingerprint density at radius 2 is 2.00 bits per heavy atom. The van der Waals surface area contributed by atoms with Gasteiger partial charge in [-0.05, 0) is 46.2 Å². The number of benzene rings is 1. The fraction of sp³-hybridized carbons (Fsp3) is 0.667. The molecular weight excluding hydrogens is 262 g/mol. The van der Waals surface area contributed by atoms with Gasteiger partial charge in [0.15, 0.2) is 0 Å². The molecule has 1 atom stereocenters. The highest BCUT2D eigenvalue weighted by atomic mass is 16.5. The van der Waals surface area contributed by atoms with Crippen molar-refractivity contribution in [2.75, 3.05) is 6.54 Å². The van der Waals surface area contributed by atoms with Crippen LogP contribution in [0.25, 0.3) is 0 Å². The zero-order valence-electron chi connectivity index (χ0n) is 14.2. The zero-order chi connectivity index (χ0) is 15.6. The molecular formula is C18H29NO2. The highest BCUT2D eigenvalue weighted by Crippen LogP contribution is 2.41. The van der Waals surface area contributed by atoms with Crippen LogP contribution in [0.5, 0.6) is 11.5 Å². The maximum atomic E-state index is 6.16. The van der Waals surface area contributed by atoms with Gasteiger partial charge < -0.3 is 14.8 Å². The summed E-state index contributed by atoms with van der Waals surface area (Å²) in [5, 5.41) is 3.67. The second kappa shape index (κ2) is 6.27. The molecule has 1 aliphatic heterocycles. The lowest BCUT2D eigenvalue weighted by Gasteiger charge is -2.38. The number of nitrogens with one attached hydrogen (secondary N) is 1. The second-order valence-corrected chi connectivity index (χ2v) is 7.29. The van der Waals surface area contributed by atoms with Crippen LogP contribution in [0.1, 0.15) is 59.6 Å². The van der Waals surface area contributed by atoms with Crippen molar-refractivity contribution in [3.8, 4) is 11.5 Å². The molecule has 3 nitrogen and oxygen atoms in total. The molecule has 0 saturated heterocycles. The summed E-state index contributed by atoms with van der Waals surface area (Å²) in [6, 6.07) is 6.56. The Bertz CT molecular complexity index is 480. The smallest absolute Gasteiger partial charge is 0.128 e. The van der Waals surface area contributed by atoms with Crippen molar-refractivity contribution >= 4 is 0 Å².